The Kier molecular flexibility index (Phi) is 6.47. The van der Waals surface area contributed by atoms with Crippen LogP contribution in [0.3, 0.4) is 0 Å². The van der Waals surface area contributed by atoms with E-state index in [1.807, 2.05) is 25.1 Å². The highest BCUT2D eigenvalue weighted by molar-refractivity contribution is 6.40. The van der Waals surface area contributed by atoms with Gasteiger partial charge in [0.1, 0.15) is 15.7 Å². The topological polar surface area (TPSA) is 20.3 Å². The van der Waals surface area contributed by atoms with Crippen molar-refractivity contribution in [2.45, 2.75) is 33.1 Å². The lowest BCUT2D eigenvalue weighted by Crippen LogP contribution is -2.27. The summed E-state index contributed by atoms with van der Waals surface area (Å²) in [5, 5.41) is 0. The lowest BCUT2D eigenvalue weighted by molar-refractivity contribution is -0.114. The molecule has 0 fully saturated rings. The van der Waals surface area contributed by atoms with E-state index in [-0.39, 0.29) is 5.78 Å². The van der Waals surface area contributed by atoms with Crippen LogP contribution in [-0.2, 0) is 11.2 Å². The summed E-state index contributed by atoms with van der Waals surface area (Å²) in [6.45, 7) is 7.37. The van der Waals surface area contributed by atoms with Gasteiger partial charge in [0.15, 0.2) is 5.78 Å². The molecule has 0 N–H and O–H groups in total. The molecule has 0 heterocycles. The molecule has 4 heteroatoms. The second kappa shape index (κ2) is 7.65. The van der Waals surface area contributed by atoms with E-state index in [0.717, 1.165) is 6.54 Å². The Bertz CT molecular complexity index is 548. The molecule has 0 aromatic heterocycles. The largest absolute Gasteiger partial charge is 0.306 e. The maximum Gasteiger partial charge on any atom is 0.159 e. The number of allylic oxidation sites excluding steroid dienone is 1. The number of carbonyl (C=O) groups excluding carboxylic acids is 1. The summed E-state index contributed by atoms with van der Waals surface area (Å²) >= 11 is 0. The lowest BCUT2D eigenvalue weighted by atomic mass is 9.73. The average molecular weight is 283 g/mol. The number of carbonyl (C=O) groups is 1. The molecule has 0 unspecified atom stereocenters. The van der Waals surface area contributed by atoms with Crippen molar-refractivity contribution in [3.63, 3.8) is 0 Å². The molecule has 0 saturated carbocycles. The van der Waals surface area contributed by atoms with E-state index >= 15 is 0 Å². The quantitative estimate of drug-likeness (QED) is 0.535. The molecule has 112 valence electrons. The molecule has 1 rings (SSSR count). The van der Waals surface area contributed by atoms with Crippen LogP contribution in [0.25, 0.3) is 0 Å². The fourth-order valence-electron chi connectivity index (χ4n) is 2.78. The van der Waals surface area contributed by atoms with Crippen LogP contribution >= 0.6 is 0 Å². The van der Waals surface area contributed by atoms with E-state index in [0.29, 0.717) is 12.3 Å². The molecule has 1 aromatic carbocycles. The molecule has 1 aromatic rings. The van der Waals surface area contributed by atoms with Gasteiger partial charge in [-0.3, -0.25) is 4.79 Å². The Labute approximate surface area is 131 Å². The highest BCUT2D eigenvalue weighted by Gasteiger charge is 2.14. The van der Waals surface area contributed by atoms with Crippen LogP contribution in [0.4, 0.5) is 0 Å². The third-order valence-corrected chi connectivity index (χ3v) is 4.01. The van der Waals surface area contributed by atoms with E-state index in [2.05, 4.69) is 42.5 Å². The molecule has 21 heavy (non-hydrogen) atoms. The van der Waals surface area contributed by atoms with Crippen molar-refractivity contribution in [3.05, 3.63) is 34.9 Å². The zero-order chi connectivity index (χ0) is 16.2. The smallest absolute Gasteiger partial charge is 0.159 e. The number of benzene rings is 1. The molecule has 0 spiro atoms. The first kappa shape index (κ1) is 17.8. The number of nitrogens with zero attached hydrogens (tertiary/aromatic N) is 1. The van der Waals surface area contributed by atoms with Gasteiger partial charge in [-0.05, 0) is 44.1 Å². The molecule has 2 nitrogen and oxygen atoms in total. The van der Waals surface area contributed by atoms with Gasteiger partial charge in [-0.15, -0.1) is 0 Å². The van der Waals surface area contributed by atoms with Gasteiger partial charge in [0.25, 0.3) is 0 Å². The van der Waals surface area contributed by atoms with Crippen LogP contribution in [0.1, 0.15) is 36.5 Å². The summed E-state index contributed by atoms with van der Waals surface area (Å²) in [7, 11) is 8.30. The third-order valence-electron chi connectivity index (χ3n) is 4.01. The van der Waals surface area contributed by atoms with Crippen molar-refractivity contribution in [2.75, 3.05) is 20.6 Å². The Morgan fingerprint density at radius 2 is 1.95 bits per heavy atom. The minimum atomic E-state index is 0.182. The Hall–Kier alpha value is -1.28. The SMILES string of the molecule is Bc1cc(CC(=O)/C=C/CN(C)C)c(C(C)C)c(B)c1C. The first-order chi connectivity index (χ1) is 9.73. The average Bonchev–Trinajstić information content (AvgIpc) is 2.35. The van der Waals surface area contributed by atoms with E-state index in [1.165, 1.54) is 27.6 Å². The molecule has 0 amide bonds. The predicted molar refractivity (Wildman–Crippen MR) is 98.0 cm³/mol. The molecule has 0 atom stereocenters. The van der Waals surface area contributed by atoms with Crippen molar-refractivity contribution in [3.8, 4) is 0 Å². The number of ketones is 1. The molecular weight excluding hydrogens is 256 g/mol. The van der Waals surface area contributed by atoms with Crippen LogP contribution in [0.2, 0.25) is 0 Å². The first-order valence-electron chi connectivity index (χ1n) is 7.67. The highest BCUT2D eigenvalue weighted by atomic mass is 16.1. The van der Waals surface area contributed by atoms with Crippen LogP contribution in [0, 0.1) is 6.92 Å². The van der Waals surface area contributed by atoms with E-state index in [1.54, 1.807) is 6.08 Å². The van der Waals surface area contributed by atoms with Crippen molar-refractivity contribution in [2.24, 2.45) is 0 Å². The predicted octanol–water partition coefficient (Wildman–Crippen LogP) is -0.135. The van der Waals surface area contributed by atoms with Gasteiger partial charge >= 0.3 is 0 Å². The molecule has 0 radical (unpaired) electrons. The summed E-state index contributed by atoms with van der Waals surface area (Å²) in [5.74, 6) is 0.624. The Morgan fingerprint density at radius 1 is 1.33 bits per heavy atom. The summed E-state index contributed by atoms with van der Waals surface area (Å²) in [4.78, 5) is 14.2. The van der Waals surface area contributed by atoms with Crippen molar-refractivity contribution < 1.29 is 4.79 Å². The summed E-state index contributed by atoms with van der Waals surface area (Å²) in [6, 6.07) is 2.19. The van der Waals surface area contributed by atoms with Gasteiger partial charge < -0.3 is 4.90 Å². The van der Waals surface area contributed by atoms with Crippen LogP contribution in [-0.4, -0.2) is 47.0 Å². The van der Waals surface area contributed by atoms with Crippen molar-refractivity contribution >= 4 is 32.4 Å². The molecule has 0 aliphatic heterocycles. The van der Waals surface area contributed by atoms with Crippen LogP contribution < -0.4 is 10.9 Å². The van der Waals surface area contributed by atoms with Crippen molar-refractivity contribution in [1.82, 2.24) is 4.90 Å². The van der Waals surface area contributed by atoms with E-state index in [9.17, 15) is 4.79 Å². The second-order valence-electron chi connectivity index (χ2n) is 6.48. The molecule has 0 saturated heterocycles. The number of hydrogen-bond donors (Lipinski definition) is 0. The minimum absolute atomic E-state index is 0.182. The van der Waals surface area contributed by atoms with Gasteiger partial charge in [-0.1, -0.05) is 42.5 Å². The van der Waals surface area contributed by atoms with Gasteiger partial charge in [0, 0.05) is 13.0 Å². The Morgan fingerprint density at radius 3 is 2.48 bits per heavy atom. The van der Waals surface area contributed by atoms with Crippen molar-refractivity contribution in [1.29, 1.82) is 0 Å². The van der Waals surface area contributed by atoms with Crippen LogP contribution in [0.15, 0.2) is 18.2 Å². The Balaban J connectivity index is 3.03. The van der Waals surface area contributed by atoms with Crippen LogP contribution in [0.5, 0.6) is 0 Å². The first-order valence-corrected chi connectivity index (χ1v) is 7.67. The molecule has 0 bridgehead atoms. The van der Waals surface area contributed by atoms with Gasteiger partial charge in [-0.25, -0.2) is 0 Å². The summed E-state index contributed by atoms with van der Waals surface area (Å²) < 4.78 is 0. The van der Waals surface area contributed by atoms with E-state index in [4.69, 9.17) is 0 Å². The normalized spacial score (nSPS) is 11.8. The highest BCUT2D eigenvalue weighted by Crippen LogP contribution is 2.18. The monoisotopic (exact) mass is 283 g/mol. The lowest BCUT2D eigenvalue weighted by Gasteiger charge is -2.20. The fourth-order valence-corrected chi connectivity index (χ4v) is 2.78. The van der Waals surface area contributed by atoms with Gasteiger partial charge in [-0.2, -0.15) is 0 Å². The maximum absolute atomic E-state index is 12.2. The number of hydrogen-bond acceptors (Lipinski definition) is 2. The number of rotatable bonds is 6. The molecule has 0 aliphatic carbocycles. The number of likely N-dealkylation sites (N-methyl/N-ethyl adjacent to an activating group) is 1. The standard InChI is InChI=1S/C17H27B2NO/c1-11(2)16-13(10-15(18)12(3)17(16)19)9-14(21)7-6-8-20(4)5/h6-7,10-11H,8-9,18-19H2,1-5H3/b7-6+. The zero-order valence-corrected chi connectivity index (χ0v) is 14.6. The molecule has 0 aliphatic rings. The maximum atomic E-state index is 12.2. The van der Waals surface area contributed by atoms with Gasteiger partial charge in [0.2, 0.25) is 0 Å². The summed E-state index contributed by atoms with van der Waals surface area (Å²) in [6.07, 6.45) is 4.15. The molecular formula is C17H27B2NO. The van der Waals surface area contributed by atoms with Gasteiger partial charge in [0.05, 0.1) is 0 Å². The fraction of sp³-hybridized carbons (Fsp3) is 0.471. The third kappa shape index (κ3) is 4.89. The second-order valence-corrected chi connectivity index (χ2v) is 6.48. The van der Waals surface area contributed by atoms with E-state index < -0.39 is 0 Å². The zero-order valence-electron chi connectivity index (χ0n) is 14.6. The summed E-state index contributed by atoms with van der Waals surface area (Å²) in [5.41, 5.74) is 6.48. The minimum Gasteiger partial charge on any atom is -0.306 e.